The summed E-state index contributed by atoms with van der Waals surface area (Å²) in [5.41, 5.74) is 0.995. The minimum atomic E-state index is -0.589. The van der Waals surface area contributed by atoms with E-state index in [4.69, 9.17) is 11.6 Å². The highest BCUT2D eigenvalue weighted by molar-refractivity contribution is 7.98. The molecule has 0 aliphatic carbocycles. The van der Waals surface area contributed by atoms with E-state index in [1.165, 1.54) is 23.9 Å². The summed E-state index contributed by atoms with van der Waals surface area (Å²) in [5, 5.41) is 3.40. The van der Waals surface area contributed by atoms with Crippen LogP contribution < -0.4 is 5.32 Å². The molecule has 1 aromatic heterocycles. The standard InChI is InChI=1S/C16H17ClFN3OS/c1-8(2)14-19-9(3)13(16(21-14)23-4)15(22)20-12-6-5-10(17)7-11(12)18/h5-8H,1-4H3,(H,20,22). The predicted molar refractivity (Wildman–Crippen MR) is 92.0 cm³/mol. The number of rotatable bonds is 4. The van der Waals surface area contributed by atoms with Gasteiger partial charge < -0.3 is 5.32 Å². The summed E-state index contributed by atoms with van der Waals surface area (Å²) in [7, 11) is 0. The molecule has 7 heteroatoms. The number of thioether (sulfide) groups is 1. The van der Waals surface area contributed by atoms with Crippen molar-refractivity contribution >= 4 is 35.0 Å². The molecule has 1 heterocycles. The molecule has 1 aromatic carbocycles. The monoisotopic (exact) mass is 353 g/mol. The molecule has 1 amide bonds. The lowest BCUT2D eigenvalue weighted by Crippen LogP contribution is -2.18. The molecule has 0 radical (unpaired) electrons. The molecule has 0 fully saturated rings. The van der Waals surface area contributed by atoms with Crippen molar-refractivity contribution in [1.29, 1.82) is 0 Å². The van der Waals surface area contributed by atoms with E-state index in [1.54, 1.807) is 6.92 Å². The maximum Gasteiger partial charge on any atom is 0.260 e. The number of aryl methyl sites for hydroxylation is 1. The van der Waals surface area contributed by atoms with Gasteiger partial charge in [-0.25, -0.2) is 14.4 Å². The number of carbonyl (C=O) groups is 1. The first kappa shape index (κ1) is 17.7. The molecule has 0 unspecified atom stereocenters. The second-order valence-electron chi connectivity index (χ2n) is 5.28. The Kier molecular flexibility index (Phi) is 5.59. The Hall–Kier alpha value is -1.66. The average molecular weight is 354 g/mol. The van der Waals surface area contributed by atoms with Crippen LogP contribution in [-0.4, -0.2) is 22.1 Å². The molecule has 0 saturated carbocycles. The van der Waals surface area contributed by atoms with E-state index in [-0.39, 0.29) is 16.6 Å². The third-order valence-electron chi connectivity index (χ3n) is 3.19. The first-order valence-electron chi connectivity index (χ1n) is 7.02. The fourth-order valence-corrected chi connectivity index (χ4v) is 2.80. The molecule has 0 bridgehead atoms. The Morgan fingerprint density at radius 3 is 2.61 bits per heavy atom. The smallest absolute Gasteiger partial charge is 0.260 e. The van der Waals surface area contributed by atoms with Crippen molar-refractivity contribution < 1.29 is 9.18 Å². The second-order valence-corrected chi connectivity index (χ2v) is 6.52. The Morgan fingerprint density at radius 2 is 2.04 bits per heavy atom. The van der Waals surface area contributed by atoms with Gasteiger partial charge in [0.05, 0.1) is 16.9 Å². The van der Waals surface area contributed by atoms with Gasteiger partial charge in [-0.15, -0.1) is 11.8 Å². The van der Waals surface area contributed by atoms with Gasteiger partial charge >= 0.3 is 0 Å². The molecule has 1 N–H and O–H groups in total. The van der Waals surface area contributed by atoms with E-state index in [0.717, 1.165) is 6.07 Å². The normalized spacial score (nSPS) is 10.9. The highest BCUT2D eigenvalue weighted by Gasteiger charge is 2.20. The summed E-state index contributed by atoms with van der Waals surface area (Å²) in [5.74, 6) is -0.191. The van der Waals surface area contributed by atoms with E-state index >= 15 is 0 Å². The van der Waals surface area contributed by atoms with Crippen LogP contribution in [0.2, 0.25) is 5.02 Å². The van der Waals surface area contributed by atoms with Crippen LogP contribution in [0.1, 0.15) is 41.6 Å². The summed E-state index contributed by atoms with van der Waals surface area (Å²) in [6.45, 7) is 5.73. The van der Waals surface area contributed by atoms with Crippen molar-refractivity contribution in [2.24, 2.45) is 0 Å². The Labute approximate surface area is 143 Å². The van der Waals surface area contributed by atoms with Gasteiger partial charge in [0, 0.05) is 10.9 Å². The number of carbonyl (C=O) groups excluding carboxylic acids is 1. The van der Waals surface area contributed by atoms with Crippen LogP contribution in [0, 0.1) is 12.7 Å². The molecule has 0 saturated heterocycles. The summed E-state index contributed by atoms with van der Waals surface area (Å²) in [6, 6.07) is 4.09. The van der Waals surface area contributed by atoms with Gasteiger partial charge in [0.15, 0.2) is 0 Å². The first-order valence-corrected chi connectivity index (χ1v) is 8.62. The molecule has 0 spiro atoms. The summed E-state index contributed by atoms with van der Waals surface area (Å²) in [6.07, 6.45) is 1.84. The largest absolute Gasteiger partial charge is 0.319 e. The van der Waals surface area contributed by atoms with E-state index in [1.807, 2.05) is 20.1 Å². The van der Waals surface area contributed by atoms with Gasteiger partial charge in [0.2, 0.25) is 0 Å². The average Bonchev–Trinajstić information content (AvgIpc) is 2.48. The zero-order chi connectivity index (χ0) is 17.1. The first-order chi connectivity index (χ1) is 10.8. The molecule has 2 rings (SSSR count). The topological polar surface area (TPSA) is 54.9 Å². The number of halogens is 2. The van der Waals surface area contributed by atoms with Crippen molar-refractivity contribution in [2.45, 2.75) is 31.7 Å². The Bertz CT molecular complexity index is 752. The van der Waals surface area contributed by atoms with E-state index in [2.05, 4.69) is 15.3 Å². The van der Waals surface area contributed by atoms with E-state index in [0.29, 0.717) is 22.1 Å². The van der Waals surface area contributed by atoms with Crippen molar-refractivity contribution in [2.75, 3.05) is 11.6 Å². The molecule has 0 atom stereocenters. The van der Waals surface area contributed by atoms with Gasteiger partial charge in [0.1, 0.15) is 16.7 Å². The number of nitrogens with one attached hydrogen (secondary N) is 1. The van der Waals surface area contributed by atoms with Crippen LogP contribution in [0.4, 0.5) is 10.1 Å². The summed E-state index contributed by atoms with van der Waals surface area (Å²) >= 11 is 7.07. The maximum atomic E-state index is 13.8. The Morgan fingerprint density at radius 1 is 1.35 bits per heavy atom. The number of anilines is 1. The third kappa shape index (κ3) is 4.00. The van der Waals surface area contributed by atoms with Gasteiger partial charge in [-0.3, -0.25) is 4.79 Å². The summed E-state index contributed by atoms with van der Waals surface area (Å²) < 4.78 is 13.8. The van der Waals surface area contributed by atoms with Crippen LogP contribution in [0.5, 0.6) is 0 Å². The molecular weight excluding hydrogens is 337 g/mol. The van der Waals surface area contributed by atoms with Crippen LogP contribution in [0.15, 0.2) is 23.2 Å². The number of hydrogen-bond donors (Lipinski definition) is 1. The Balaban J connectivity index is 2.39. The molecule has 2 aromatic rings. The number of hydrogen-bond acceptors (Lipinski definition) is 4. The maximum absolute atomic E-state index is 13.8. The molecule has 0 aliphatic heterocycles. The quantitative estimate of drug-likeness (QED) is 0.640. The SMILES string of the molecule is CSc1nc(C(C)C)nc(C)c1C(=O)Nc1ccc(Cl)cc1F. The van der Waals surface area contributed by atoms with Gasteiger partial charge in [-0.2, -0.15) is 0 Å². The van der Waals surface area contributed by atoms with Crippen LogP contribution in [0.3, 0.4) is 0 Å². The lowest BCUT2D eigenvalue weighted by molar-refractivity contribution is 0.102. The summed E-state index contributed by atoms with van der Waals surface area (Å²) in [4.78, 5) is 21.3. The minimum Gasteiger partial charge on any atom is -0.319 e. The van der Waals surface area contributed by atoms with Gasteiger partial charge in [0.25, 0.3) is 5.91 Å². The van der Waals surface area contributed by atoms with Crippen LogP contribution in [-0.2, 0) is 0 Å². The second kappa shape index (κ2) is 7.27. The number of aromatic nitrogens is 2. The number of amides is 1. The zero-order valence-corrected chi connectivity index (χ0v) is 14.8. The molecule has 4 nitrogen and oxygen atoms in total. The van der Waals surface area contributed by atoms with Gasteiger partial charge in [-0.05, 0) is 31.4 Å². The van der Waals surface area contributed by atoms with E-state index in [9.17, 15) is 9.18 Å². The molecule has 23 heavy (non-hydrogen) atoms. The highest BCUT2D eigenvalue weighted by atomic mass is 35.5. The molecule has 122 valence electrons. The van der Waals surface area contributed by atoms with Crippen molar-refractivity contribution in [1.82, 2.24) is 9.97 Å². The van der Waals surface area contributed by atoms with E-state index < -0.39 is 11.7 Å². The fraction of sp³-hybridized carbons (Fsp3) is 0.312. The number of benzene rings is 1. The number of nitrogens with zero attached hydrogens (tertiary/aromatic N) is 2. The molecule has 0 aliphatic rings. The highest BCUT2D eigenvalue weighted by Crippen LogP contribution is 2.25. The van der Waals surface area contributed by atoms with Crippen molar-refractivity contribution in [3.8, 4) is 0 Å². The van der Waals surface area contributed by atoms with Gasteiger partial charge in [-0.1, -0.05) is 25.4 Å². The van der Waals surface area contributed by atoms with Crippen molar-refractivity contribution in [3.63, 3.8) is 0 Å². The minimum absolute atomic E-state index is 0.0683. The van der Waals surface area contributed by atoms with Crippen LogP contribution in [0.25, 0.3) is 0 Å². The molecular formula is C16H17ClFN3OS. The van der Waals surface area contributed by atoms with Crippen LogP contribution >= 0.6 is 23.4 Å². The van der Waals surface area contributed by atoms with Crippen molar-refractivity contribution in [3.05, 3.63) is 46.1 Å². The third-order valence-corrected chi connectivity index (χ3v) is 4.11. The lowest BCUT2D eigenvalue weighted by atomic mass is 10.1. The zero-order valence-electron chi connectivity index (χ0n) is 13.3. The fourth-order valence-electron chi connectivity index (χ4n) is 2.01. The predicted octanol–water partition coefficient (Wildman–Crippen LogP) is 4.68. The lowest BCUT2D eigenvalue weighted by Gasteiger charge is -2.14.